The second-order valence-corrected chi connectivity index (χ2v) is 5.53. The Hall–Kier alpha value is -1.32. The third kappa shape index (κ3) is 3.59. The molecule has 102 valence electrons. The average Bonchev–Trinajstić information content (AvgIpc) is 2.30. The van der Waals surface area contributed by atoms with Crippen molar-refractivity contribution in [1.29, 1.82) is 0 Å². The van der Waals surface area contributed by atoms with Gasteiger partial charge in [-0.15, -0.1) is 0 Å². The quantitative estimate of drug-likeness (QED) is 0.816. The van der Waals surface area contributed by atoms with Crippen LogP contribution in [0.15, 0.2) is 0 Å². The summed E-state index contributed by atoms with van der Waals surface area (Å²) >= 11 is 0. The van der Waals surface area contributed by atoms with Crippen LogP contribution >= 0.6 is 0 Å². The van der Waals surface area contributed by atoms with Gasteiger partial charge in [0.15, 0.2) is 0 Å². The Labute approximate surface area is 110 Å². The average molecular weight is 251 g/mol. The zero-order valence-corrected chi connectivity index (χ0v) is 12.4. The molecule has 4 heteroatoms. The second-order valence-electron chi connectivity index (χ2n) is 5.53. The number of unbranched alkanes of at least 4 members (excludes halogenated alkanes) is 1. The maximum Gasteiger partial charge on any atom is 0.221 e. The second kappa shape index (κ2) is 6.03. The fourth-order valence-corrected chi connectivity index (χ4v) is 1.53. The van der Waals surface area contributed by atoms with E-state index in [4.69, 9.17) is 4.74 Å². The largest absolute Gasteiger partial charge is 0.477 e. The summed E-state index contributed by atoms with van der Waals surface area (Å²) in [6.07, 6.45) is 2.17. The number of nitrogens with one attached hydrogen (secondary N) is 1. The van der Waals surface area contributed by atoms with Gasteiger partial charge in [0, 0.05) is 12.5 Å². The van der Waals surface area contributed by atoms with E-state index in [0.717, 1.165) is 30.0 Å². The highest BCUT2D eigenvalue weighted by Crippen LogP contribution is 2.27. The molecule has 1 aromatic rings. The maximum atomic E-state index is 5.76. The molecule has 0 aromatic carbocycles. The van der Waals surface area contributed by atoms with Gasteiger partial charge in [0.2, 0.25) is 5.88 Å². The summed E-state index contributed by atoms with van der Waals surface area (Å²) in [7, 11) is 1.87. The van der Waals surface area contributed by atoms with E-state index in [0.29, 0.717) is 12.5 Å². The SMILES string of the molecule is CCCCOc1nc(C(C)(C)C)nc(NC)c1C. The predicted octanol–water partition coefficient (Wildman–Crippen LogP) is 3.30. The Morgan fingerprint density at radius 2 is 1.89 bits per heavy atom. The van der Waals surface area contributed by atoms with Crippen LogP contribution in [-0.4, -0.2) is 23.6 Å². The van der Waals surface area contributed by atoms with Crippen LogP contribution < -0.4 is 10.1 Å². The van der Waals surface area contributed by atoms with Crippen molar-refractivity contribution >= 4 is 5.82 Å². The van der Waals surface area contributed by atoms with Crippen molar-refractivity contribution in [2.75, 3.05) is 19.0 Å². The van der Waals surface area contributed by atoms with Crippen LogP contribution in [0, 0.1) is 6.92 Å². The Morgan fingerprint density at radius 3 is 2.39 bits per heavy atom. The molecule has 0 unspecified atom stereocenters. The van der Waals surface area contributed by atoms with Crippen molar-refractivity contribution in [2.24, 2.45) is 0 Å². The summed E-state index contributed by atoms with van der Waals surface area (Å²) in [5.41, 5.74) is 0.893. The molecule has 18 heavy (non-hydrogen) atoms. The van der Waals surface area contributed by atoms with Crippen molar-refractivity contribution in [3.05, 3.63) is 11.4 Å². The topological polar surface area (TPSA) is 47.0 Å². The molecule has 1 N–H and O–H groups in total. The van der Waals surface area contributed by atoms with Gasteiger partial charge in [-0.1, -0.05) is 34.1 Å². The Balaban J connectivity index is 3.07. The van der Waals surface area contributed by atoms with E-state index < -0.39 is 0 Å². The molecule has 4 nitrogen and oxygen atoms in total. The van der Waals surface area contributed by atoms with Crippen LogP contribution in [0.25, 0.3) is 0 Å². The molecule has 0 bridgehead atoms. The standard InChI is InChI=1S/C14H25N3O/c1-7-8-9-18-12-10(2)11(15-6)16-13(17-12)14(3,4)5/h7-9H2,1-6H3,(H,15,16,17). The minimum atomic E-state index is -0.0812. The van der Waals surface area contributed by atoms with Gasteiger partial charge in [-0.05, 0) is 13.3 Å². The Bertz CT molecular complexity index is 397. The molecule has 0 atom stereocenters. The van der Waals surface area contributed by atoms with Gasteiger partial charge in [0.25, 0.3) is 0 Å². The molecule has 0 aliphatic carbocycles. The maximum absolute atomic E-state index is 5.76. The lowest BCUT2D eigenvalue weighted by Gasteiger charge is -2.20. The molecule has 0 spiro atoms. The molecule has 0 amide bonds. The van der Waals surface area contributed by atoms with Crippen molar-refractivity contribution in [3.63, 3.8) is 0 Å². The fourth-order valence-electron chi connectivity index (χ4n) is 1.53. The van der Waals surface area contributed by atoms with E-state index in [9.17, 15) is 0 Å². The summed E-state index contributed by atoms with van der Waals surface area (Å²) in [5.74, 6) is 2.36. The first-order valence-electron chi connectivity index (χ1n) is 6.59. The summed E-state index contributed by atoms with van der Waals surface area (Å²) in [6, 6.07) is 0. The van der Waals surface area contributed by atoms with E-state index in [-0.39, 0.29) is 5.41 Å². The number of hydrogen-bond donors (Lipinski definition) is 1. The monoisotopic (exact) mass is 251 g/mol. The minimum absolute atomic E-state index is 0.0812. The zero-order valence-electron chi connectivity index (χ0n) is 12.4. The first-order valence-corrected chi connectivity index (χ1v) is 6.59. The van der Waals surface area contributed by atoms with Crippen LogP contribution in [-0.2, 0) is 5.41 Å². The summed E-state index contributed by atoms with van der Waals surface area (Å²) in [5, 5.41) is 3.11. The van der Waals surface area contributed by atoms with Crippen molar-refractivity contribution < 1.29 is 4.74 Å². The highest BCUT2D eigenvalue weighted by molar-refractivity contribution is 5.48. The lowest BCUT2D eigenvalue weighted by atomic mass is 9.95. The number of aromatic nitrogens is 2. The van der Waals surface area contributed by atoms with Crippen LogP contribution in [0.5, 0.6) is 5.88 Å². The smallest absolute Gasteiger partial charge is 0.221 e. The van der Waals surface area contributed by atoms with Crippen molar-refractivity contribution in [3.8, 4) is 5.88 Å². The number of rotatable bonds is 5. The van der Waals surface area contributed by atoms with E-state index in [1.165, 1.54) is 0 Å². The molecular weight excluding hydrogens is 226 g/mol. The predicted molar refractivity (Wildman–Crippen MR) is 75.4 cm³/mol. The molecule has 1 heterocycles. The molecule has 0 radical (unpaired) electrons. The highest BCUT2D eigenvalue weighted by atomic mass is 16.5. The molecule has 0 aliphatic heterocycles. The van der Waals surface area contributed by atoms with E-state index in [2.05, 4.69) is 43.0 Å². The van der Waals surface area contributed by atoms with Crippen molar-refractivity contribution in [1.82, 2.24) is 9.97 Å². The number of hydrogen-bond acceptors (Lipinski definition) is 4. The van der Waals surface area contributed by atoms with Crippen LogP contribution in [0.1, 0.15) is 51.9 Å². The molecule has 0 saturated carbocycles. The van der Waals surface area contributed by atoms with Gasteiger partial charge in [-0.2, -0.15) is 4.98 Å². The lowest BCUT2D eigenvalue weighted by Crippen LogP contribution is -2.18. The van der Waals surface area contributed by atoms with Crippen LogP contribution in [0.3, 0.4) is 0 Å². The fraction of sp³-hybridized carbons (Fsp3) is 0.714. The van der Waals surface area contributed by atoms with E-state index in [1.54, 1.807) is 0 Å². The summed E-state index contributed by atoms with van der Waals surface area (Å²) in [6.45, 7) is 11.2. The van der Waals surface area contributed by atoms with Gasteiger partial charge >= 0.3 is 0 Å². The lowest BCUT2D eigenvalue weighted by molar-refractivity contribution is 0.292. The van der Waals surface area contributed by atoms with E-state index >= 15 is 0 Å². The first kappa shape index (κ1) is 14.7. The molecular formula is C14H25N3O. The van der Waals surface area contributed by atoms with Gasteiger partial charge in [-0.3, -0.25) is 0 Å². The minimum Gasteiger partial charge on any atom is -0.477 e. The number of ether oxygens (including phenoxy) is 1. The molecule has 0 saturated heterocycles. The van der Waals surface area contributed by atoms with Gasteiger partial charge in [0.05, 0.1) is 12.2 Å². The third-order valence-electron chi connectivity index (χ3n) is 2.75. The number of nitrogens with zero attached hydrogens (tertiary/aromatic N) is 2. The Kier molecular flexibility index (Phi) is 4.93. The van der Waals surface area contributed by atoms with Gasteiger partial charge in [0.1, 0.15) is 11.6 Å². The van der Waals surface area contributed by atoms with Crippen LogP contribution in [0.4, 0.5) is 5.82 Å². The summed E-state index contributed by atoms with van der Waals surface area (Å²) in [4.78, 5) is 9.10. The zero-order chi connectivity index (χ0) is 13.8. The van der Waals surface area contributed by atoms with Crippen LogP contribution in [0.2, 0.25) is 0 Å². The van der Waals surface area contributed by atoms with Crippen molar-refractivity contribution in [2.45, 2.75) is 52.9 Å². The molecule has 1 rings (SSSR count). The number of anilines is 1. The molecule has 0 aliphatic rings. The molecule has 1 aromatic heterocycles. The van der Waals surface area contributed by atoms with E-state index in [1.807, 2.05) is 14.0 Å². The van der Waals surface area contributed by atoms with Gasteiger partial charge in [-0.25, -0.2) is 4.98 Å². The van der Waals surface area contributed by atoms with Gasteiger partial charge < -0.3 is 10.1 Å². The summed E-state index contributed by atoms with van der Waals surface area (Å²) < 4.78 is 5.76. The third-order valence-corrected chi connectivity index (χ3v) is 2.75. The normalized spacial score (nSPS) is 11.4. The molecule has 0 fully saturated rings. The first-order chi connectivity index (χ1) is 8.40. The Morgan fingerprint density at radius 1 is 1.22 bits per heavy atom. The highest BCUT2D eigenvalue weighted by Gasteiger charge is 2.21.